The summed E-state index contributed by atoms with van der Waals surface area (Å²) in [7, 11) is 0. The van der Waals surface area contributed by atoms with Crippen LogP contribution in [0.4, 0.5) is 5.82 Å². The first kappa shape index (κ1) is 11.4. The number of aliphatic carboxylic acids is 1. The van der Waals surface area contributed by atoms with Crippen molar-refractivity contribution in [1.82, 2.24) is 4.98 Å². The zero-order valence-electron chi connectivity index (χ0n) is 9.55. The van der Waals surface area contributed by atoms with Crippen molar-refractivity contribution in [3.05, 3.63) is 23.4 Å². The lowest BCUT2D eigenvalue weighted by Gasteiger charge is -2.17. The normalized spacial score (nSPS) is 19.1. The van der Waals surface area contributed by atoms with Gasteiger partial charge in [-0.05, 0) is 25.5 Å². The fourth-order valence-corrected chi connectivity index (χ4v) is 2.01. The molecular formula is C12H13N3O2. The standard InChI is InChI=1S/C12H13N3O2/c1-8-9(6-13)2-3-11(14-8)15-5-4-10(7-15)12(16)17/h2-3,10H,4-5,7H2,1H3,(H,16,17). The molecule has 2 heterocycles. The van der Waals surface area contributed by atoms with Gasteiger partial charge in [0.1, 0.15) is 11.9 Å². The van der Waals surface area contributed by atoms with Crippen LogP contribution in [0.3, 0.4) is 0 Å². The van der Waals surface area contributed by atoms with Gasteiger partial charge in [0.05, 0.1) is 17.2 Å². The van der Waals surface area contributed by atoms with Crippen LogP contribution in [0.5, 0.6) is 0 Å². The SMILES string of the molecule is Cc1nc(N2CCC(C(=O)O)C2)ccc1C#N. The first-order valence-electron chi connectivity index (χ1n) is 5.47. The monoisotopic (exact) mass is 231 g/mol. The molecule has 1 aromatic heterocycles. The summed E-state index contributed by atoms with van der Waals surface area (Å²) in [6, 6.07) is 5.57. The lowest BCUT2D eigenvalue weighted by molar-refractivity contribution is -0.140. The fraction of sp³-hybridized carbons (Fsp3) is 0.417. The average Bonchev–Trinajstić information content (AvgIpc) is 2.78. The van der Waals surface area contributed by atoms with Gasteiger partial charge in [-0.3, -0.25) is 4.79 Å². The highest BCUT2D eigenvalue weighted by Crippen LogP contribution is 2.23. The van der Waals surface area contributed by atoms with E-state index in [1.807, 2.05) is 4.90 Å². The third-order valence-electron chi connectivity index (χ3n) is 3.05. The van der Waals surface area contributed by atoms with Gasteiger partial charge in [-0.2, -0.15) is 5.26 Å². The van der Waals surface area contributed by atoms with E-state index in [2.05, 4.69) is 11.1 Å². The number of carboxylic acids is 1. The molecule has 0 aromatic carbocycles. The Kier molecular flexibility index (Phi) is 2.96. The van der Waals surface area contributed by atoms with Crippen LogP contribution in [0, 0.1) is 24.2 Å². The van der Waals surface area contributed by atoms with E-state index in [9.17, 15) is 4.79 Å². The van der Waals surface area contributed by atoms with Gasteiger partial charge in [-0.1, -0.05) is 0 Å². The zero-order chi connectivity index (χ0) is 12.4. The molecule has 0 aliphatic carbocycles. The smallest absolute Gasteiger partial charge is 0.308 e. The largest absolute Gasteiger partial charge is 0.481 e. The minimum atomic E-state index is -0.752. The Labute approximate surface area is 99.3 Å². The van der Waals surface area contributed by atoms with E-state index in [0.717, 1.165) is 5.82 Å². The zero-order valence-corrected chi connectivity index (χ0v) is 9.55. The molecule has 1 fully saturated rings. The van der Waals surface area contributed by atoms with Crippen molar-refractivity contribution in [3.63, 3.8) is 0 Å². The summed E-state index contributed by atoms with van der Waals surface area (Å²) in [5.41, 5.74) is 1.24. The van der Waals surface area contributed by atoms with Crippen molar-refractivity contribution < 1.29 is 9.90 Å². The quantitative estimate of drug-likeness (QED) is 0.826. The topological polar surface area (TPSA) is 77.2 Å². The predicted octanol–water partition coefficient (Wildman–Crippen LogP) is 1.17. The summed E-state index contributed by atoms with van der Waals surface area (Å²) < 4.78 is 0. The molecule has 1 aliphatic heterocycles. The average molecular weight is 231 g/mol. The number of hydrogen-bond donors (Lipinski definition) is 1. The van der Waals surface area contributed by atoms with Crippen molar-refractivity contribution in [2.75, 3.05) is 18.0 Å². The molecule has 5 nitrogen and oxygen atoms in total. The molecule has 0 spiro atoms. The Morgan fingerprint density at radius 2 is 2.41 bits per heavy atom. The number of anilines is 1. The second kappa shape index (κ2) is 4.42. The van der Waals surface area contributed by atoms with Gasteiger partial charge in [0, 0.05) is 13.1 Å². The number of pyridine rings is 1. The van der Waals surface area contributed by atoms with Gasteiger partial charge in [-0.15, -0.1) is 0 Å². The molecule has 1 N–H and O–H groups in total. The van der Waals surface area contributed by atoms with Crippen molar-refractivity contribution >= 4 is 11.8 Å². The molecular weight excluding hydrogens is 218 g/mol. The Hall–Kier alpha value is -2.09. The van der Waals surface area contributed by atoms with Crippen molar-refractivity contribution in [2.24, 2.45) is 5.92 Å². The third kappa shape index (κ3) is 2.21. The Morgan fingerprint density at radius 1 is 1.65 bits per heavy atom. The molecule has 5 heteroatoms. The Bertz CT molecular complexity index is 493. The van der Waals surface area contributed by atoms with Crippen LogP contribution in [0.1, 0.15) is 17.7 Å². The number of hydrogen-bond acceptors (Lipinski definition) is 4. The molecule has 1 saturated heterocycles. The maximum absolute atomic E-state index is 10.9. The van der Waals surface area contributed by atoms with Crippen LogP contribution in [-0.4, -0.2) is 29.1 Å². The van der Waals surface area contributed by atoms with E-state index in [-0.39, 0.29) is 5.92 Å². The molecule has 2 rings (SSSR count). The summed E-state index contributed by atoms with van der Waals surface area (Å²) in [5, 5.41) is 17.7. The first-order valence-corrected chi connectivity index (χ1v) is 5.47. The third-order valence-corrected chi connectivity index (χ3v) is 3.05. The summed E-state index contributed by atoms with van der Waals surface area (Å²) in [5.74, 6) is -0.309. The Morgan fingerprint density at radius 3 is 2.94 bits per heavy atom. The number of aryl methyl sites for hydroxylation is 1. The molecule has 17 heavy (non-hydrogen) atoms. The second-order valence-electron chi connectivity index (χ2n) is 4.18. The number of carboxylic acid groups (broad SMARTS) is 1. The molecule has 0 amide bonds. The maximum atomic E-state index is 10.9. The van der Waals surface area contributed by atoms with Crippen LogP contribution in [0.25, 0.3) is 0 Å². The summed E-state index contributed by atoms with van der Waals surface area (Å²) in [4.78, 5) is 17.1. The number of nitriles is 1. The van der Waals surface area contributed by atoms with E-state index in [1.165, 1.54) is 0 Å². The van der Waals surface area contributed by atoms with Crippen LogP contribution < -0.4 is 4.90 Å². The lowest BCUT2D eigenvalue weighted by Crippen LogP contribution is -2.23. The van der Waals surface area contributed by atoms with Gasteiger partial charge >= 0.3 is 5.97 Å². The summed E-state index contributed by atoms with van der Waals surface area (Å²) in [6.45, 7) is 2.98. The molecule has 1 aromatic rings. The van der Waals surface area contributed by atoms with Crippen LogP contribution in [0.15, 0.2) is 12.1 Å². The molecule has 1 aliphatic rings. The molecule has 0 saturated carbocycles. The minimum absolute atomic E-state index is 0.312. The van der Waals surface area contributed by atoms with Crippen LogP contribution in [-0.2, 0) is 4.79 Å². The van der Waals surface area contributed by atoms with E-state index in [1.54, 1.807) is 19.1 Å². The Balaban J connectivity index is 2.17. The highest BCUT2D eigenvalue weighted by atomic mass is 16.4. The van der Waals surface area contributed by atoms with Gasteiger partial charge in [0.2, 0.25) is 0 Å². The van der Waals surface area contributed by atoms with Gasteiger partial charge in [-0.25, -0.2) is 4.98 Å². The molecule has 0 bridgehead atoms. The van der Waals surface area contributed by atoms with Crippen LogP contribution >= 0.6 is 0 Å². The van der Waals surface area contributed by atoms with Gasteiger partial charge in [0.25, 0.3) is 0 Å². The van der Waals surface area contributed by atoms with Crippen molar-refractivity contribution in [3.8, 4) is 6.07 Å². The van der Waals surface area contributed by atoms with E-state index >= 15 is 0 Å². The molecule has 0 radical (unpaired) electrons. The minimum Gasteiger partial charge on any atom is -0.481 e. The molecule has 1 atom stereocenters. The highest BCUT2D eigenvalue weighted by Gasteiger charge is 2.28. The first-order chi connectivity index (χ1) is 8.11. The van der Waals surface area contributed by atoms with Crippen molar-refractivity contribution in [1.29, 1.82) is 5.26 Å². The van der Waals surface area contributed by atoms with Gasteiger partial charge < -0.3 is 10.0 Å². The van der Waals surface area contributed by atoms with Crippen LogP contribution in [0.2, 0.25) is 0 Å². The number of carbonyl (C=O) groups is 1. The second-order valence-corrected chi connectivity index (χ2v) is 4.18. The highest BCUT2D eigenvalue weighted by molar-refractivity contribution is 5.71. The molecule has 88 valence electrons. The molecule has 1 unspecified atom stereocenters. The predicted molar refractivity (Wildman–Crippen MR) is 61.6 cm³/mol. The van der Waals surface area contributed by atoms with E-state index in [0.29, 0.717) is 30.8 Å². The lowest BCUT2D eigenvalue weighted by atomic mass is 10.1. The number of aromatic nitrogens is 1. The van der Waals surface area contributed by atoms with Crippen molar-refractivity contribution in [2.45, 2.75) is 13.3 Å². The summed E-state index contributed by atoms with van der Waals surface area (Å²) >= 11 is 0. The fourth-order valence-electron chi connectivity index (χ4n) is 2.01. The van der Waals surface area contributed by atoms with E-state index in [4.69, 9.17) is 10.4 Å². The summed E-state index contributed by atoms with van der Waals surface area (Å²) in [6.07, 6.45) is 0.649. The number of rotatable bonds is 2. The van der Waals surface area contributed by atoms with E-state index < -0.39 is 5.97 Å². The van der Waals surface area contributed by atoms with Gasteiger partial charge in [0.15, 0.2) is 0 Å². The maximum Gasteiger partial charge on any atom is 0.308 e. The number of nitrogens with zero attached hydrogens (tertiary/aromatic N) is 3.